The van der Waals surface area contributed by atoms with E-state index in [1.807, 2.05) is 33.9 Å². The first-order chi connectivity index (χ1) is 14.6. The van der Waals surface area contributed by atoms with Crippen molar-refractivity contribution < 1.29 is 14.3 Å². The molecule has 0 aliphatic carbocycles. The lowest BCUT2D eigenvalue weighted by molar-refractivity contribution is 0.0193. The predicted octanol–water partition coefficient (Wildman–Crippen LogP) is 3.68. The van der Waals surface area contributed by atoms with Crippen LogP contribution in [-0.4, -0.2) is 55.3 Å². The molecule has 4 rings (SSSR count). The van der Waals surface area contributed by atoms with E-state index in [0.717, 1.165) is 10.9 Å². The van der Waals surface area contributed by atoms with Crippen molar-refractivity contribution >= 4 is 41.2 Å². The maximum atomic E-state index is 12.7. The number of carbonyl (C=O) groups excluding carboxylic acids is 2. The minimum atomic E-state index is -0.614. The van der Waals surface area contributed by atoms with Crippen LogP contribution in [0.15, 0.2) is 23.3 Å². The third kappa shape index (κ3) is 3.81. The molecule has 9 nitrogen and oxygen atoms in total. The van der Waals surface area contributed by atoms with E-state index in [4.69, 9.17) is 16.3 Å². The van der Waals surface area contributed by atoms with E-state index in [1.165, 1.54) is 0 Å². The summed E-state index contributed by atoms with van der Waals surface area (Å²) in [4.78, 5) is 30.5. The number of aromatic nitrogens is 4. The number of rotatable bonds is 2. The Morgan fingerprint density at radius 3 is 2.68 bits per heavy atom. The molecule has 0 spiro atoms. The summed E-state index contributed by atoms with van der Waals surface area (Å²) >= 11 is 6.49. The third-order valence-corrected chi connectivity index (χ3v) is 5.34. The van der Waals surface area contributed by atoms with Crippen LogP contribution in [0.4, 0.5) is 4.79 Å². The summed E-state index contributed by atoms with van der Waals surface area (Å²) in [7, 11) is 1.81. The van der Waals surface area contributed by atoms with E-state index in [1.54, 1.807) is 26.5 Å². The van der Waals surface area contributed by atoms with Crippen LogP contribution in [0.5, 0.6) is 0 Å². The fraction of sp³-hybridized carbons (Fsp3) is 0.381. The van der Waals surface area contributed by atoms with Gasteiger partial charge in [0, 0.05) is 24.5 Å². The Kier molecular flexibility index (Phi) is 5.09. The number of hydrogen-bond acceptors (Lipinski definition) is 5. The van der Waals surface area contributed by atoms with Gasteiger partial charge < -0.3 is 9.64 Å². The predicted molar refractivity (Wildman–Crippen MR) is 117 cm³/mol. The molecule has 10 heteroatoms. The lowest BCUT2D eigenvalue weighted by Gasteiger charge is -2.30. The fourth-order valence-corrected chi connectivity index (χ4v) is 4.06. The molecule has 0 fully saturated rings. The largest absolute Gasteiger partial charge is 0.444 e. The molecule has 1 aliphatic rings. The van der Waals surface area contributed by atoms with Crippen molar-refractivity contribution in [3.05, 3.63) is 34.6 Å². The number of nitrogens with zero attached hydrogens (tertiary/aromatic N) is 6. The van der Waals surface area contributed by atoms with Crippen molar-refractivity contribution in [1.29, 1.82) is 0 Å². The van der Waals surface area contributed by atoms with E-state index in [2.05, 4.69) is 21.9 Å². The van der Waals surface area contributed by atoms with Gasteiger partial charge in [0.25, 0.3) is 5.91 Å². The van der Waals surface area contributed by atoms with Gasteiger partial charge in [-0.25, -0.2) is 9.79 Å². The second kappa shape index (κ2) is 7.49. The molecule has 2 aromatic heterocycles. The first-order valence-corrected chi connectivity index (χ1v) is 10.2. The second-order valence-electron chi connectivity index (χ2n) is 8.42. The van der Waals surface area contributed by atoms with Gasteiger partial charge in [-0.15, -0.1) is 0 Å². The van der Waals surface area contributed by atoms with Crippen molar-refractivity contribution in [3.63, 3.8) is 0 Å². The molecule has 3 heterocycles. The Morgan fingerprint density at radius 2 is 2.00 bits per heavy atom. The first-order valence-electron chi connectivity index (χ1n) is 9.79. The number of benzene rings is 1. The number of carbonyl (C=O) groups is 2. The molecule has 0 radical (unpaired) electrons. The summed E-state index contributed by atoms with van der Waals surface area (Å²) in [6, 6.07) is 3.64. The van der Waals surface area contributed by atoms with Crippen LogP contribution in [0.3, 0.4) is 0 Å². The second-order valence-corrected chi connectivity index (χ2v) is 8.83. The molecule has 3 aromatic rings. The van der Waals surface area contributed by atoms with Gasteiger partial charge in [-0.2, -0.15) is 10.2 Å². The zero-order chi connectivity index (χ0) is 22.5. The number of ether oxygens (including phenoxy) is 1. The van der Waals surface area contributed by atoms with Gasteiger partial charge in [-0.05, 0) is 39.6 Å². The zero-order valence-electron chi connectivity index (χ0n) is 17.8. The summed E-state index contributed by atoms with van der Waals surface area (Å²) in [5.41, 5.74) is 2.20. The lowest BCUT2D eigenvalue weighted by Crippen LogP contribution is -2.42. The van der Waals surface area contributed by atoms with Gasteiger partial charge in [0.15, 0.2) is 0 Å². The van der Waals surface area contributed by atoms with Gasteiger partial charge >= 0.3 is 6.09 Å². The number of hydrogen-bond donors (Lipinski definition) is 0. The minimum Gasteiger partial charge on any atom is -0.444 e. The minimum absolute atomic E-state index is 0.182. The maximum Gasteiger partial charge on any atom is 0.410 e. The van der Waals surface area contributed by atoms with Crippen LogP contribution in [-0.2, 0) is 24.9 Å². The van der Waals surface area contributed by atoms with Crippen molar-refractivity contribution in [2.75, 3.05) is 6.54 Å². The number of aryl methyl sites for hydroxylation is 1. The van der Waals surface area contributed by atoms with Crippen molar-refractivity contribution in [3.8, 4) is 11.3 Å². The summed E-state index contributed by atoms with van der Waals surface area (Å²) in [6.45, 7) is 9.85. The van der Waals surface area contributed by atoms with E-state index in [0.29, 0.717) is 40.6 Å². The highest BCUT2D eigenvalue weighted by Crippen LogP contribution is 2.34. The number of fused-ring (bicyclic) bond motifs is 2. The smallest absolute Gasteiger partial charge is 0.410 e. The normalized spacial score (nSPS) is 13.9. The highest BCUT2D eigenvalue weighted by molar-refractivity contribution is 6.35. The van der Waals surface area contributed by atoms with E-state index in [-0.39, 0.29) is 6.54 Å². The van der Waals surface area contributed by atoms with Gasteiger partial charge in [-0.1, -0.05) is 11.6 Å². The van der Waals surface area contributed by atoms with Crippen LogP contribution in [0.1, 0.15) is 36.8 Å². The SMILES string of the molecule is C=NC(=O)c1c(-c2cc(Cl)c3c(cnn3C)c2)nn2c1CN(C(=O)OC(C)(C)C)CC2. The standard InChI is InChI=1S/C21H23ClN6O3/c1-21(2,3)31-20(30)27-6-7-28-15(11-27)16(19(29)23-4)17(25-28)12-8-13-10-24-26(5)18(13)14(22)9-12/h8-10H,4,6-7,11H2,1-3,5H3. The molecule has 2 amide bonds. The Hall–Kier alpha value is -3.20. The number of aliphatic imine (C=N–C) groups is 1. The van der Waals surface area contributed by atoms with E-state index >= 15 is 0 Å². The van der Waals surface area contributed by atoms with Crippen LogP contribution in [0.25, 0.3) is 22.2 Å². The van der Waals surface area contributed by atoms with Crippen LogP contribution < -0.4 is 0 Å². The zero-order valence-corrected chi connectivity index (χ0v) is 18.6. The average Bonchev–Trinajstić information content (AvgIpc) is 3.26. The Bertz CT molecular complexity index is 1220. The van der Waals surface area contributed by atoms with E-state index < -0.39 is 17.6 Å². The molecule has 162 valence electrons. The van der Waals surface area contributed by atoms with Gasteiger partial charge in [0.1, 0.15) is 11.3 Å². The average molecular weight is 443 g/mol. The summed E-state index contributed by atoms with van der Waals surface area (Å²) in [5, 5.41) is 10.2. The van der Waals surface area contributed by atoms with Crippen molar-refractivity contribution in [2.45, 2.75) is 39.5 Å². The molecule has 1 aromatic carbocycles. The molecule has 31 heavy (non-hydrogen) atoms. The first kappa shape index (κ1) is 21.0. The topological polar surface area (TPSA) is 94.6 Å². The van der Waals surface area contributed by atoms with Crippen LogP contribution in [0, 0.1) is 0 Å². The molecule has 0 bridgehead atoms. The molecule has 0 N–H and O–H groups in total. The summed E-state index contributed by atoms with van der Waals surface area (Å²) in [6.07, 6.45) is 1.27. The van der Waals surface area contributed by atoms with Gasteiger partial charge in [-0.3, -0.25) is 14.2 Å². The maximum absolute atomic E-state index is 12.7. The quantitative estimate of drug-likeness (QED) is 0.564. The highest BCUT2D eigenvalue weighted by Gasteiger charge is 2.32. The van der Waals surface area contributed by atoms with Crippen molar-refractivity contribution in [2.24, 2.45) is 12.0 Å². The molecule has 0 unspecified atom stereocenters. The molecule has 0 saturated heterocycles. The van der Waals surface area contributed by atoms with Gasteiger partial charge in [0.05, 0.1) is 41.1 Å². The van der Waals surface area contributed by atoms with Crippen LogP contribution in [0.2, 0.25) is 5.02 Å². The molecule has 0 saturated carbocycles. The molecular weight excluding hydrogens is 420 g/mol. The molecule has 1 aliphatic heterocycles. The van der Waals surface area contributed by atoms with Crippen LogP contribution >= 0.6 is 11.6 Å². The Morgan fingerprint density at radius 1 is 1.26 bits per heavy atom. The van der Waals surface area contributed by atoms with Crippen molar-refractivity contribution in [1.82, 2.24) is 24.5 Å². The molecular formula is C21H23ClN6O3. The summed E-state index contributed by atoms with van der Waals surface area (Å²) in [5.74, 6) is -0.510. The number of halogens is 1. The van der Waals surface area contributed by atoms with Gasteiger partial charge in [0.2, 0.25) is 0 Å². The van der Waals surface area contributed by atoms with E-state index in [9.17, 15) is 9.59 Å². The highest BCUT2D eigenvalue weighted by atomic mass is 35.5. The third-order valence-electron chi connectivity index (χ3n) is 5.05. The Balaban J connectivity index is 1.79. The fourth-order valence-electron chi connectivity index (χ4n) is 3.71. The summed E-state index contributed by atoms with van der Waals surface area (Å²) < 4.78 is 8.91. The monoisotopic (exact) mass is 442 g/mol. The number of amides is 2. The molecule has 0 atom stereocenters. The Labute approximate surface area is 184 Å². The lowest BCUT2D eigenvalue weighted by atomic mass is 10.0.